The van der Waals surface area contributed by atoms with Crippen molar-refractivity contribution in [3.63, 3.8) is 0 Å². The number of hydrogen-bond donors (Lipinski definition) is 2. The molecular formula is C18H16N4O3S3. The average Bonchev–Trinajstić information content (AvgIpc) is 3.23. The summed E-state index contributed by atoms with van der Waals surface area (Å²) in [5.41, 5.74) is 0.675. The number of carbonyl (C=O) groups is 1. The van der Waals surface area contributed by atoms with Crippen LogP contribution in [0.4, 0.5) is 5.13 Å². The number of nitrogens with one attached hydrogen (secondary N) is 2. The lowest BCUT2D eigenvalue weighted by Crippen LogP contribution is -2.15. The van der Waals surface area contributed by atoms with Gasteiger partial charge >= 0.3 is 0 Å². The molecule has 0 aliphatic heterocycles. The van der Waals surface area contributed by atoms with Crippen molar-refractivity contribution in [2.45, 2.75) is 12.7 Å². The number of thioether (sulfide) groups is 1. The molecule has 3 heterocycles. The predicted molar refractivity (Wildman–Crippen MR) is 116 cm³/mol. The number of nitrogens with zero attached hydrogens (tertiary/aromatic N) is 2. The Kier molecular flexibility index (Phi) is 5.33. The summed E-state index contributed by atoms with van der Waals surface area (Å²) in [5, 5.41) is 3.98. The summed E-state index contributed by atoms with van der Waals surface area (Å²) in [6, 6.07) is 7.42. The molecular weight excluding hydrogens is 416 g/mol. The first-order chi connectivity index (χ1) is 13.5. The van der Waals surface area contributed by atoms with E-state index in [1.54, 1.807) is 7.11 Å². The molecule has 0 unspecified atom stereocenters. The lowest BCUT2D eigenvalue weighted by atomic mass is 10.3. The third kappa shape index (κ3) is 4.03. The number of H-pyrrole nitrogens is 1. The molecule has 0 aliphatic carbocycles. The summed E-state index contributed by atoms with van der Waals surface area (Å²) in [7, 11) is 1.61. The Bertz CT molecular complexity index is 1230. The second-order valence-electron chi connectivity index (χ2n) is 5.98. The van der Waals surface area contributed by atoms with Gasteiger partial charge in [0.15, 0.2) is 5.13 Å². The third-order valence-corrected chi connectivity index (χ3v) is 6.71. The highest BCUT2D eigenvalue weighted by molar-refractivity contribution is 7.99. The molecule has 0 radical (unpaired) electrons. The van der Waals surface area contributed by atoms with Crippen molar-refractivity contribution in [2.75, 3.05) is 18.2 Å². The van der Waals surface area contributed by atoms with Crippen LogP contribution in [0.25, 0.3) is 20.4 Å². The third-order valence-electron chi connectivity index (χ3n) is 3.89. The number of thiazole rings is 1. The molecule has 7 nitrogen and oxygen atoms in total. The van der Waals surface area contributed by atoms with Gasteiger partial charge in [-0.2, -0.15) is 0 Å². The molecule has 0 saturated carbocycles. The number of methoxy groups -OCH3 is 1. The molecule has 10 heteroatoms. The fourth-order valence-corrected chi connectivity index (χ4v) is 5.15. The van der Waals surface area contributed by atoms with Crippen LogP contribution in [-0.4, -0.2) is 33.7 Å². The van der Waals surface area contributed by atoms with E-state index in [2.05, 4.69) is 20.3 Å². The van der Waals surface area contributed by atoms with Gasteiger partial charge in [-0.1, -0.05) is 11.3 Å². The number of ether oxygens (including phenoxy) is 1. The topological polar surface area (TPSA) is 97.0 Å². The van der Waals surface area contributed by atoms with Gasteiger partial charge in [-0.25, -0.2) is 9.97 Å². The summed E-state index contributed by atoms with van der Waals surface area (Å²) < 4.78 is 6.15. The van der Waals surface area contributed by atoms with Crippen LogP contribution >= 0.6 is 34.4 Å². The maximum atomic E-state index is 12.2. The van der Waals surface area contributed by atoms with Gasteiger partial charge in [-0.05, 0) is 31.2 Å². The predicted octanol–water partition coefficient (Wildman–Crippen LogP) is 3.78. The Hall–Kier alpha value is -2.43. The first kappa shape index (κ1) is 18.9. The molecule has 0 atom stereocenters. The van der Waals surface area contributed by atoms with Crippen LogP contribution in [0, 0.1) is 6.92 Å². The number of hydrogen-bond acceptors (Lipinski definition) is 8. The van der Waals surface area contributed by atoms with Gasteiger partial charge in [0.2, 0.25) is 5.91 Å². The van der Waals surface area contributed by atoms with Gasteiger partial charge in [0.1, 0.15) is 16.4 Å². The van der Waals surface area contributed by atoms with Crippen molar-refractivity contribution in [3.8, 4) is 5.75 Å². The van der Waals surface area contributed by atoms with Crippen molar-refractivity contribution in [2.24, 2.45) is 0 Å². The van der Waals surface area contributed by atoms with Crippen LogP contribution < -0.4 is 15.6 Å². The van der Waals surface area contributed by atoms with Crippen molar-refractivity contribution in [1.82, 2.24) is 15.0 Å². The summed E-state index contributed by atoms with van der Waals surface area (Å²) in [6.45, 7) is 1.95. The van der Waals surface area contributed by atoms with E-state index in [4.69, 9.17) is 4.74 Å². The number of aromatic nitrogens is 3. The molecule has 0 saturated heterocycles. The molecule has 0 aliphatic rings. The quantitative estimate of drug-likeness (QED) is 0.481. The van der Waals surface area contributed by atoms with E-state index >= 15 is 0 Å². The second-order valence-corrected chi connectivity index (χ2v) is 9.23. The number of benzene rings is 1. The van der Waals surface area contributed by atoms with E-state index in [-0.39, 0.29) is 17.2 Å². The fraction of sp³-hybridized carbons (Fsp3) is 0.222. The Labute approximate surface area is 172 Å². The number of thiophene rings is 1. The van der Waals surface area contributed by atoms with E-state index in [9.17, 15) is 9.59 Å². The number of anilines is 1. The van der Waals surface area contributed by atoms with E-state index in [1.807, 2.05) is 31.2 Å². The van der Waals surface area contributed by atoms with Gasteiger partial charge in [0.05, 0.1) is 34.2 Å². The van der Waals surface area contributed by atoms with Crippen LogP contribution in [0.5, 0.6) is 5.75 Å². The number of aromatic amines is 1. The minimum absolute atomic E-state index is 0.140. The molecule has 0 fully saturated rings. The van der Waals surface area contributed by atoms with Crippen molar-refractivity contribution in [1.29, 1.82) is 0 Å². The molecule has 144 valence electrons. The Morgan fingerprint density at radius 2 is 2.14 bits per heavy atom. The normalized spacial score (nSPS) is 11.2. The minimum atomic E-state index is -0.147. The van der Waals surface area contributed by atoms with E-state index < -0.39 is 0 Å². The Morgan fingerprint density at radius 3 is 2.96 bits per heavy atom. The Morgan fingerprint density at radius 1 is 1.29 bits per heavy atom. The molecule has 4 rings (SSSR count). The number of rotatable bonds is 6. The van der Waals surface area contributed by atoms with Gasteiger partial charge in [0, 0.05) is 4.88 Å². The lowest BCUT2D eigenvalue weighted by Gasteiger charge is -2.02. The smallest absolute Gasteiger partial charge is 0.259 e. The number of aryl methyl sites for hydroxylation is 1. The molecule has 28 heavy (non-hydrogen) atoms. The van der Waals surface area contributed by atoms with Crippen molar-refractivity contribution < 1.29 is 9.53 Å². The highest BCUT2D eigenvalue weighted by Gasteiger charge is 2.11. The molecule has 1 aromatic carbocycles. The van der Waals surface area contributed by atoms with Crippen LogP contribution in [0.1, 0.15) is 10.7 Å². The van der Waals surface area contributed by atoms with E-state index in [1.165, 1.54) is 34.4 Å². The van der Waals surface area contributed by atoms with Crippen LogP contribution in [0.2, 0.25) is 0 Å². The van der Waals surface area contributed by atoms with Crippen molar-refractivity contribution >= 4 is 65.9 Å². The zero-order valence-corrected chi connectivity index (χ0v) is 17.5. The van der Waals surface area contributed by atoms with Crippen LogP contribution in [0.15, 0.2) is 29.1 Å². The zero-order valence-electron chi connectivity index (χ0n) is 15.1. The van der Waals surface area contributed by atoms with E-state index in [0.717, 1.165) is 25.7 Å². The first-order valence-electron chi connectivity index (χ1n) is 8.33. The first-order valence-corrected chi connectivity index (χ1v) is 11.1. The molecule has 0 spiro atoms. The minimum Gasteiger partial charge on any atom is -0.497 e. The molecule has 1 amide bonds. The summed E-state index contributed by atoms with van der Waals surface area (Å²) in [5.74, 6) is 1.87. The summed E-state index contributed by atoms with van der Waals surface area (Å²) in [6.07, 6.45) is 0. The highest BCUT2D eigenvalue weighted by Crippen LogP contribution is 2.29. The lowest BCUT2D eigenvalue weighted by molar-refractivity contribution is -0.113. The molecule has 0 bridgehead atoms. The second kappa shape index (κ2) is 7.90. The monoisotopic (exact) mass is 432 g/mol. The average molecular weight is 433 g/mol. The van der Waals surface area contributed by atoms with Crippen LogP contribution in [-0.2, 0) is 10.5 Å². The highest BCUT2D eigenvalue weighted by atomic mass is 32.2. The SMILES string of the molecule is COc1ccc2nc(NC(=O)CSCc3nc4sc(C)cc4c(=O)[nH]3)sc2c1. The van der Waals surface area contributed by atoms with Gasteiger partial charge < -0.3 is 15.0 Å². The van der Waals surface area contributed by atoms with Gasteiger partial charge in [-0.3, -0.25) is 9.59 Å². The maximum absolute atomic E-state index is 12.2. The molecule has 3 aromatic heterocycles. The van der Waals surface area contributed by atoms with E-state index in [0.29, 0.717) is 22.1 Å². The number of amides is 1. The maximum Gasteiger partial charge on any atom is 0.259 e. The summed E-state index contributed by atoms with van der Waals surface area (Å²) >= 11 is 4.28. The van der Waals surface area contributed by atoms with Crippen LogP contribution in [0.3, 0.4) is 0 Å². The Balaban J connectivity index is 1.36. The van der Waals surface area contributed by atoms with Gasteiger partial charge in [-0.15, -0.1) is 23.1 Å². The largest absolute Gasteiger partial charge is 0.497 e. The molecule has 4 aromatic rings. The standard InChI is InChI=1S/C18H16N4O3S3/c1-9-5-11-16(24)20-14(21-17(11)27-9)7-26-8-15(23)22-18-19-12-4-3-10(25-2)6-13(12)28-18/h3-6H,7-8H2,1-2H3,(H,19,22,23)(H,20,21,24). The fourth-order valence-electron chi connectivity index (χ4n) is 2.65. The zero-order chi connectivity index (χ0) is 19.7. The van der Waals surface area contributed by atoms with Crippen molar-refractivity contribution in [3.05, 3.63) is 45.3 Å². The number of fused-ring (bicyclic) bond motifs is 2. The van der Waals surface area contributed by atoms with Gasteiger partial charge in [0.25, 0.3) is 5.56 Å². The number of carbonyl (C=O) groups excluding carboxylic acids is 1. The molecule has 2 N–H and O–H groups in total. The summed E-state index contributed by atoms with van der Waals surface area (Å²) in [4.78, 5) is 37.7.